The van der Waals surface area contributed by atoms with Crippen molar-refractivity contribution in [3.63, 3.8) is 0 Å². The molecule has 0 aliphatic rings. The van der Waals surface area contributed by atoms with Crippen molar-refractivity contribution in [1.29, 1.82) is 0 Å². The summed E-state index contributed by atoms with van der Waals surface area (Å²) in [7, 11) is 5.81. The van der Waals surface area contributed by atoms with E-state index < -0.39 is 11.8 Å². The minimum absolute atomic E-state index is 0.0708. The van der Waals surface area contributed by atoms with Gasteiger partial charge in [-0.2, -0.15) is 5.10 Å². The average Bonchev–Trinajstić information content (AvgIpc) is 2.75. The lowest BCUT2D eigenvalue weighted by Crippen LogP contribution is -2.20. The van der Waals surface area contributed by atoms with Crippen molar-refractivity contribution in [3.8, 4) is 5.75 Å². The van der Waals surface area contributed by atoms with Crippen LogP contribution in [0.5, 0.6) is 5.75 Å². The molecule has 0 saturated heterocycles. The van der Waals surface area contributed by atoms with Crippen LogP contribution in [-0.2, 0) is 0 Å². The van der Waals surface area contributed by atoms with Gasteiger partial charge in [0.2, 0.25) is 0 Å². The van der Waals surface area contributed by atoms with Gasteiger partial charge < -0.3 is 20.3 Å². The van der Waals surface area contributed by atoms with E-state index in [1.165, 1.54) is 18.2 Å². The number of nitrogens with one attached hydrogen (secondary N) is 2. The number of nitrogens with zero attached hydrogens (tertiary/aromatic N) is 3. The van der Waals surface area contributed by atoms with Crippen molar-refractivity contribution >= 4 is 41.4 Å². The van der Waals surface area contributed by atoms with Gasteiger partial charge in [0.25, 0.3) is 0 Å². The third kappa shape index (κ3) is 7.25. The smallest absolute Gasteiger partial charge is 0.323 e. The third-order valence-electron chi connectivity index (χ3n) is 4.53. The molecule has 0 aliphatic carbocycles. The predicted molar refractivity (Wildman–Crippen MR) is 130 cm³/mol. The molecule has 0 spiro atoms. The van der Waals surface area contributed by atoms with Crippen LogP contribution in [0.15, 0.2) is 47.6 Å². The Morgan fingerprint density at radius 2 is 1.84 bits per heavy atom. The number of allylic oxidation sites excluding steroid dienone is 1. The van der Waals surface area contributed by atoms with Crippen LogP contribution in [0.25, 0.3) is 5.70 Å². The van der Waals surface area contributed by atoms with E-state index in [9.17, 15) is 9.18 Å². The highest BCUT2D eigenvalue weighted by Gasteiger charge is 2.15. The van der Waals surface area contributed by atoms with Gasteiger partial charge in [-0.3, -0.25) is 5.01 Å². The Morgan fingerprint density at radius 1 is 1.19 bits per heavy atom. The standard InChI is InChI=1S/C23H29ClFN5O2/c1-6-21(30(5)26-2)18-14-16(9-11-22(18)32-13-7-12-29(3)4)27-23(31)28-17-8-10-20(25)19(24)15-17/h6,8-11,14-15H,2,7,12-13H2,1,3-5H3,(H2,27,28,31)/b21-6-. The number of urea groups is 1. The first-order valence-electron chi connectivity index (χ1n) is 10.1. The Kier molecular flexibility index (Phi) is 9.49. The van der Waals surface area contributed by atoms with Crippen molar-refractivity contribution in [2.75, 3.05) is 44.9 Å². The number of carbonyl (C=O) groups excluding carboxylic acids is 1. The van der Waals surface area contributed by atoms with E-state index in [0.717, 1.165) is 24.2 Å². The lowest BCUT2D eigenvalue weighted by Gasteiger charge is -2.21. The molecule has 0 unspecified atom stereocenters. The number of anilines is 2. The topological polar surface area (TPSA) is 69.2 Å². The van der Waals surface area contributed by atoms with Crippen LogP contribution in [0.3, 0.4) is 0 Å². The Bertz CT molecular complexity index is 981. The van der Waals surface area contributed by atoms with Crippen LogP contribution in [0.2, 0.25) is 5.02 Å². The number of benzene rings is 2. The zero-order valence-electron chi connectivity index (χ0n) is 18.8. The molecule has 9 heteroatoms. The summed E-state index contributed by atoms with van der Waals surface area (Å²) in [6, 6.07) is 8.82. The number of rotatable bonds is 10. The molecule has 0 aromatic heterocycles. The maximum atomic E-state index is 13.3. The molecule has 0 atom stereocenters. The molecule has 2 amide bonds. The second-order valence-electron chi connectivity index (χ2n) is 7.26. The van der Waals surface area contributed by atoms with Crippen LogP contribution >= 0.6 is 11.6 Å². The van der Waals surface area contributed by atoms with Gasteiger partial charge >= 0.3 is 6.03 Å². The quantitative estimate of drug-likeness (QED) is 0.284. The lowest BCUT2D eigenvalue weighted by molar-refractivity contribution is 0.262. The first-order chi connectivity index (χ1) is 15.2. The van der Waals surface area contributed by atoms with Gasteiger partial charge in [-0.25, -0.2) is 9.18 Å². The van der Waals surface area contributed by atoms with Crippen molar-refractivity contribution in [2.45, 2.75) is 13.3 Å². The first-order valence-corrected chi connectivity index (χ1v) is 10.4. The van der Waals surface area contributed by atoms with Crippen LogP contribution in [0, 0.1) is 5.82 Å². The molecule has 0 bridgehead atoms. The molecule has 172 valence electrons. The molecule has 0 aliphatic heterocycles. The minimum atomic E-state index is -0.553. The van der Waals surface area contributed by atoms with Gasteiger partial charge in [-0.1, -0.05) is 17.7 Å². The highest BCUT2D eigenvalue weighted by Crippen LogP contribution is 2.31. The molecule has 2 aromatic carbocycles. The molecule has 0 saturated carbocycles. The maximum absolute atomic E-state index is 13.3. The van der Waals surface area contributed by atoms with E-state index in [-0.39, 0.29) is 5.02 Å². The lowest BCUT2D eigenvalue weighted by atomic mass is 10.1. The van der Waals surface area contributed by atoms with Gasteiger partial charge in [0.05, 0.1) is 17.3 Å². The van der Waals surface area contributed by atoms with E-state index in [0.29, 0.717) is 23.7 Å². The zero-order valence-corrected chi connectivity index (χ0v) is 19.5. The van der Waals surface area contributed by atoms with Gasteiger partial charge in [0.15, 0.2) is 0 Å². The van der Waals surface area contributed by atoms with Gasteiger partial charge in [-0.15, -0.1) is 0 Å². The van der Waals surface area contributed by atoms with Crippen molar-refractivity contribution in [2.24, 2.45) is 5.10 Å². The molecule has 2 aromatic rings. The fourth-order valence-electron chi connectivity index (χ4n) is 2.96. The molecule has 0 heterocycles. The molecule has 0 radical (unpaired) electrons. The van der Waals surface area contributed by atoms with Crippen molar-refractivity contribution in [3.05, 3.63) is 58.9 Å². The number of amides is 2. The first kappa shape index (κ1) is 25.2. The molecule has 0 fully saturated rings. The minimum Gasteiger partial charge on any atom is -0.493 e. The second-order valence-corrected chi connectivity index (χ2v) is 7.67. The monoisotopic (exact) mass is 461 g/mol. The number of ether oxygens (including phenoxy) is 1. The predicted octanol–water partition coefficient (Wildman–Crippen LogP) is 5.36. The third-order valence-corrected chi connectivity index (χ3v) is 4.82. The fourth-order valence-corrected chi connectivity index (χ4v) is 3.14. The molecule has 2 rings (SSSR count). The molecule has 7 nitrogen and oxygen atoms in total. The number of carbonyl (C=O) groups is 1. The van der Waals surface area contributed by atoms with Crippen molar-refractivity contribution < 1.29 is 13.9 Å². The van der Waals surface area contributed by atoms with Crippen LogP contribution < -0.4 is 15.4 Å². The second kappa shape index (κ2) is 12.1. The summed E-state index contributed by atoms with van der Waals surface area (Å²) in [6.07, 6.45) is 2.76. The van der Waals surface area contributed by atoms with Crippen LogP contribution in [0.1, 0.15) is 18.9 Å². The highest BCUT2D eigenvalue weighted by molar-refractivity contribution is 6.31. The summed E-state index contributed by atoms with van der Waals surface area (Å²) >= 11 is 5.77. The number of halogens is 2. The summed E-state index contributed by atoms with van der Waals surface area (Å²) in [5.74, 6) is 0.117. The SMILES string of the molecule is C=NN(C)/C(=C\C)c1cc(NC(=O)Nc2ccc(F)c(Cl)c2)ccc1OCCCN(C)C. The summed E-state index contributed by atoms with van der Waals surface area (Å²) in [5, 5.41) is 10.9. The highest BCUT2D eigenvalue weighted by atomic mass is 35.5. The van der Waals surface area contributed by atoms with Gasteiger partial charge in [0, 0.05) is 37.2 Å². The Labute approximate surface area is 193 Å². The van der Waals surface area contributed by atoms with E-state index in [2.05, 4.69) is 27.4 Å². The molecular weight excluding hydrogens is 433 g/mol. The van der Waals surface area contributed by atoms with E-state index in [4.69, 9.17) is 16.3 Å². The van der Waals surface area contributed by atoms with E-state index in [1.807, 2.05) is 27.1 Å². The van der Waals surface area contributed by atoms with Gasteiger partial charge in [-0.05, 0) is 63.8 Å². The molecular formula is C23H29ClFN5O2. The summed E-state index contributed by atoms with van der Waals surface area (Å²) in [5.41, 5.74) is 2.45. The van der Waals surface area contributed by atoms with Gasteiger partial charge in [0.1, 0.15) is 11.6 Å². The molecule has 32 heavy (non-hydrogen) atoms. The Hall–Kier alpha value is -3.10. The Morgan fingerprint density at radius 3 is 2.44 bits per heavy atom. The number of hydrogen-bond donors (Lipinski definition) is 2. The van der Waals surface area contributed by atoms with Crippen LogP contribution in [0.4, 0.5) is 20.6 Å². The fraction of sp³-hybridized carbons (Fsp3) is 0.304. The summed E-state index contributed by atoms with van der Waals surface area (Å²) < 4.78 is 19.3. The molecule has 2 N–H and O–H groups in total. The average molecular weight is 462 g/mol. The van der Waals surface area contributed by atoms with E-state index >= 15 is 0 Å². The van der Waals surface area contributed by atoms with Crippen LogP contribution in [-0.4, -0.2) is 57.0 Å². The summed E-state index contributed by atoms with van der Waals surface area (Å²) in [6.45, 7) is 6.93. The Balaban J connectivity index is 2.21. The summed E-state index contributed by atoms with van der Waals surface area (Å²) in [4.78, 5) is 14.5. The number of hydrazone groups is 1. The van der Waals surface area contributed by atoms with E-state index in [1.54, 1.807) is 30.3 Å². The zero-order chi connectivity index (χ0) is 23.7. The van der Waals surface area contributed by atoms with Crippen molar-refractivity contribution in [1.82, 2.24) is 9.91 Å². The largest absolute Gasteiger partial charge is 0.493 e. The maximum Gasteiger partial charge on any atom is 0.323 e. The normalized spacial score (nSPS) is 11.3. The number of hydrogen-bond acceptors (Lipinski definition) is 5.